The van der Waals surface area contributed by atoms with Gasteiger partial charge in [-0.25, -0.2) is 4.79 Å². The van der Waals surface area contributed by atoms with Crippen molar-refractivity contribution in [2.24, 2.45) is 5.73 Å². The molecule has 0 bridgehead atoms. The molecular weight excluding hydrogens is 292 g/mol. The number of carbonyl (C=O) groups is 2. The van der Waals surface area contributed by atoms with Crippen molar-refractivity contribution in [3.63, 3.8) is 0 Å². The molecule has 0 fully saturated rings. The van der Waals surface area contributed by atoms with Crippen LogP contribution >= 0.6 is 0 Å². The van der Waals surface area contributed by atoms with Crippen LogP contribution in [0.5, 0.6) is 0 Å². The van der Waals surface area contributed by atoms with Gasteiger partial charge in [0.15, 0.2) is 0 Å². The number of hydrogen-bond acceptors (Lipinski definition) is 3. The fourth-order valence-corrected chi connectivity index (χ4v) is 1.84. The van der Waals surface area contributed by atoms with Gasteiger partial charge in [-0.2, -0.15) is 0 Å². The van der Waals surface area contributed by atoms with Crippen molar-refractivity contribution in [1.82, 2.24) is 5.32 Å². The Labute approximate surface area is 134 Å². The third-order valence-corrected chi connectivity index (χ3v) is 2.95. The summed E-state index contributed by atoms with van der Waals surface area (Å²) in [6.45, 7) is 0.311. The van der Waals surface area contributed by atoms with Crippen molar-refractivity contribution in [1.29, 1.82) is 0 Å². The normalized spacial score (nSPS) is 9.39. The highest BCUT2D eigenvalue weighted by Crippen LogP contribution is 2.05. The zero-order valence-corrected chi connectivity index (χ0v) is 12.4. The van der Waals surface area contributed by atoms with Gasteiger partial charge in [0.05, 0.1) is 12.1 Å². The molecule has 0 unspecified atom stereocenters. The van der Waals surface area contributed by atoms with Gasteiger partial charge < -0.3 is 15.8 Å². The van der Waals surface area contributed by atoms with E-state index in [1.807, 2.05) is 30.3 Å². The molecule has 0 aromatic heterocycles. The summed E-state index contributed by atoms with van der Waals surface area (Å²) in [5.41, 5.74) is 7.05. The average Bonchev–Trinajstić information content (AvgIpc) is 2.58. The molecule has 2 aromatic carbocycles. The lowest BCUT2D eigenvalue weighted by molar-refractivity contribution is 0.1000. The molecule has 116 valence electrons. The topological polar surface area (TPSA) is 81.4 Å². The van der Waals surface area contributed by atoms with Gasteiger partial charge in [-0.15, -0.1) is 0 Å². The molecule has 5 nitrogen and oxygen atoms in total. The number of nitrogens with one attached hydrogen (secondary N) is 1. The van der Waals surface area contributed by atoms with Crippen LogP contribution in [-0.4, -0.2) is 18.5 Å². The van der Waals surface area contributed by atoms with E-state index < -0.39 is 12.0 Å². The Hall–Kier alpha value is -3.26. The SMILES string of the molecule is NC(=O)c1ccccc1C#CCNC(=O)OCc1ccccc1. The van der Waals surface area contributed by atoms with Gasteiger partial charge in [0, 0.05) is 5.56 Å². The van der Waals surface area contributed by atoms with E-state index in [1.165, 1.54) is 0 Å². The van der Waals surface area contributed by atoms with Gasteiger partial charge in [-0.1, -0.05) is 54.3 Å². The van der Waals surface area contributed by atoms with Gasteiger partial charge >= 0.3 is 6.09 Å². The zero-order valence-electron chi connectivity index (χ0n) is 12.4. The van der Waals surface area contributed by atoms with Gasteiger partial charge in [-0.3, -0.25) is 4.79 Å². The van der Waals surface area contributed by atoms with Crippen molar-refractivity contribution in [2.45, 2.75) is 6.61 Å². The van der Waals surface area contributed by atoms with E-state index in [0.29, 0.717) is 11.1 Å². The van der Waals surface area contributed by atoms with Gasteiger partial charge in [-0.05, 0) is 17.7 Å². The maximum absolute atomic E-state index is 11.5. The lowest BCUT2D eigenvalue weighted by atomic mass is 10.1. The van der Waals surface area contributed by atoms with Crippen molar-refractivity contribution in [2.75, 3.05) is 6.54 Å². The molecule has 0 aliphatic rings. The zero-order chi connectivity index (χ0) is 16.5. The Balaban J connectivity index is 1.81. The Morgan fingerprint density at radius 2 is 1.74 bits per heavy atom. The van der Waals surface area contributed by atoms with E-state index >= 15 is 0 Å². The summed E-state index contributed by atoms with van der Waals surface area (Å²) in [5, 5.41) is 2.52. The van der Waals surface area contributed by atoms with Crippen molar-refractivity contribution < 1.29 is 14.3 Å². The molecule has 0 saturated carbocycles. The number of nitrogens with two attached hydrogens (primary N) is 1. The number of benzene rings is 2. The molecule has 0 atom stereocenters. The van der Waals surface area contributed by atoms with E-state index in [1.54, 1.807) is 24.3 Å². The number of ether oxygens (including phenoxy) is 1. The van der Waals surface area contributed by atoms with Crippen LogP contribution < -0.4 is 11.1 Å². The summed E-state index contributed by atoms with van der Waals surface area (Å²) in [5.74, 6) is 5.02. The quantitative estimate of drug-likeness (QED) is 0.848. The van der Waals surface area contributed by atoms with Crippen LogP contribution in [-0.2, 0) is 11.3 Å². The minimum absolute atomic E-state index is 0.112. The highest BCUT2D eigenvalue weighted by molar-refractivity contribution is 5.95. The number of hydrogen-bond donors (Lipinski definition) is 2. The van der Waals surface area contributed by atoms with Crippen molar-refractivity contribution in [3.05, 3.63) is 71.3 Å². The summed E-state index contributed by atoms with van der Waals surface area (Å²) in [6, 6.07) is 16.2. The Kier molecular flexibility index (Phi) is 5.78. The van der Waals surface area contributed by atoms with Crippen molar-refractivity contribution in [3.8, 4) is 11.8 Å². The van der Waals surface area contributed by atoms with E-state index in [4.69, 9.17) is 10.5 Å². The lowest BCUT2D eigenvalue weighted by Crippen LogP contribution is -2.24. The second-order valence-electron chi connectivity index (χ2n) is 4.63. The molecule has 0 saturated heterocycles. The van der Waals surface area contributed by atoms with E-state index in [0.717, 1.165) is 5.56 Å². The van der Waals surface area contributed by atoms with E-state index in [9.17, 15) is 9.59 Å². The Bertz CT molecular complexity index is 746. The molecule has 0 aliphatic carbocycles. The molecule has 0 radical (unpaired) electrons. The number of alkyl carbamates (subject to hydrolysis) is 1. The molecule has 3 N–H and O–H groups in total. The fourth-order valence-electron chi connectivity index (χ4n) is 1.84. The molecule has 2 aromatic rings. The van der Waals surface area contributed by atoms with Gasteiger partial charge in [0.1, 0.15) is 6.61 Å². The predicted molar refractivity (Wildman–Crippen MR) is 86.5 cm³/mol. The van der Waals surface area contributed by atoms with Crippen LogP contribution in [0.1, 0.15) is 21.5 Å². The highest BCUT2D eigenvalue weighted by Gasteiger charge is 2.04. The second kappa shape index (κ2) is 8.25. The monoisotopic (exact) mass is 308 g/mol. The molecular formula is C18H16N2O3. The maximum Gasteiger partial charge on any atom is 0.408 e. The predicted octanol–water partition coefficient (Wildman–Crippen LogP) is 2.06. The first-order chi connectivity index (χ1) is 11.2. The number of rotatable bonds is 4. The van der Waals surface area contributed by atoms with Crippen LogP contribution in [0, 0.1) is 11.8 Å². The third kappa shape index (κ3) is 5.21. The van der Waals surface area contributed by atoms with E-state index in [-0.39, 0.29) is 13.2 Å². The Morgan fingerprint density at radius 3 is 2.48 bits per heavy atom. The first-order valence-electron chi connectivity index (χ1n) is 6.99. The van der Waals surface area contributed by atoms with E-state index in [2.05, 4.69) is 17.2 Å². The van der Waals surface area contributed by atoms with Crippen LogP contribution in [0.3, 0.4) is 0 Å². The molecule has 0 spiro atoms. The molecule has 0 heterocycles. The standard InChI is InChI=1S/C18H16N2O3/c19-17(21)16-11-5-4-9-15(16)10-6-12-20-18(22)23-13-14-7-2-1-3-8-14/h1-5,7-9,11H,12-13H2,(H2,19,21)(H,20,22). The lowest BCUT2D eigenvalue weighted by Gasteiger charge is -2.04. The first-order valence-corrected chi connectivity index (χ1v) is 6.99. The molecule has 23 heavy (non-hydrogen) atoms. The molecule has 2 rings (SSSR count). The van der Waals surface area contributed by atoms with Crippen LogP contribution in [0.2, 0.25) is 0 Å². The number of amides is 2. The smallest absolute Gasteiger partial charge is 0.408 e. The van der Waals surface area contributed by atoms with Crippen LogP contribution in [0.15, 0.2) is 54.6 Å². The minimum atomic E-state index is -0.550. The third-order valence-electron chi connectivity index (χ3n) is 2.95. The molecule has 0 aliphatic heterocycles. The number of carbonyl (C=O) groups excluding carboxylic acids is 2. The highest BCUT2D eigenvalue weighted by atomic mass is 16.5. The second-order valence-corrected chi connectivity index (χ2v) is 4.63. The summed E-state index contributed by atoms with van der Waals surface area (Å²) in [7, 11) is 0. The fraction of sp³-hybridized carbons (Fsp3) is 0.111. The summed E-state index contributed by atoms with van der Waals surface area (Å²) < 4.78 is 5.05. The summed E-state index contributed by atoms with van der Waals surface area (Å²) >= 11 is 0. The van der Waals surface area contributed by atoms with Gasteiger partial charge in [0.2, 0.25) is 5.91 Å². The number of primary amides is 1. The Morgan fingerprint density at radius 1 is 1.04 bits per heavy atom. The maximum atomic E-state index is 11.5. The summed E-state index contributed by atoms with van der Waals surface area (Å²) in [4.78, 5) is 22.8. The average molecular weight is 308 g/mol. The largest absolute Gasteiger partial charge is 0.445 e. The van der Waals surface area contributed by atoms with Gasteiger partial charge in [0.25, 0.3) is 0 Å². The summed E-state index contributed by atoms with van der Waals surface area (Å²) in [6.07, 6.45) is -0.550. The van der Waals surface area contributed by atoms with Crippen LogP contribution in [0.25, 0.3) is 0 Å². The van der Waals surface area contributed by atoms with Crippen molar-refractivity contribution >= 4 is 12.0 Å². The molecule has 2 amide bonds. The van der Waals surface area contributed by atoms with Crippen LogP contribution in [0.4, 0.5) is 4.79 Å². The minimum Gasteiger partial charge on any atom is -0.445 e. The molecule has 5 heteroatoms. The first kappa shape index (κ1) is 16.1.